The quantitative estimate of drug-likeness (QED) is 0.384. The Labute approximate surface area is 220 Å². The number of amides is 1. The van der Waals surface area contributed by atoms with Crippen molar-refractivity contribution in [3.8, 4) is 22.9 Å². The Balaban J connectivity index is 1.49. The highest BCUT2D eigenvalue weighted by atomic mass is 16.5. The van der Waals surface area contributed by atoms with E-state index >= 15 is 0 Å². The summed E-state index contributed by atoms with van der Waals surface area (Å²) < 4.78 is 13.8. The van der Waals surface area contributed by atoms with Crippen LogP contribution in [-0.2, 0) is 9.53 Å². The van der Waals surface area contributed by atoms with Crippen LogP contribution in [0.4, 0.5) is 5.82 Å². The molecule has 2 N–H and O–H groups in total. The van der Waals surface area contributed by atoms with Crippen LogP contribution in [0.3, 0.4) is 0 Å². The first-order chi connectivity index (χ1) is 18.6. The van der Waals surface area contributed by atoms with Crippen LogP contribution >= 0.6 is 0 Å². The Bertz CT molecular complexity index is 1460. The topological polar surface area (TPSA) is 121 Å². The standard InChI is InChI=1S/C28H29N7O3/c1-2-22(36)34-13-8-19(16-34)25-23(18-4-6-21(7-5-18)38-28-30-11-3-12-31-28)24-26(29)32-17-33-27(24)35(25)20-9-14-37-15-10-20/h2-7,11-12,17,19-20H,1,8-10,13-16H2,(H2,29,32,33). The largest absolute Gasteiger partial charge is 0.424 e. The molecule has 1 aromatic carbocycles. The van der Waals surface area contributed by atoms with Gasteiger partial charge < -0.3 is 24.7 Å². The molecular weight excluding hydrogens is 482 g/mol. The lowest BCUT2D eigenvalue weighted by atomic mass is 9.94. The lowest BCUT2D eigenvalue weighted by Gasteiger charge is -2.28. The van der Waals surface area contributed by atoms with Gasteiger partial charge in [0.25, 0.3) is 0 Å². The molecule has 1 amide bonds. The molecule has 1 unspecified atom stereocenters. The van der Waals surface area contributed by atoms with Gasteiger partial charge in [0.2, 0.25) is 5.91 Å². The number of carbonyl (C=O) groups excluding carboxylic acids is 1. The zero-order chi connectivity index (χ0) is 26.1. The third-order valence-corrected chi connectivity index (χ3v) is 7.36. The number of ether oxygens (including phenoxy) is 2. The average molecular weight is 512 g/mol. The fourth-order valence-electron chi connectivity index (χ4n) is 5.63. The summed E-state index contributed by atoms with van der Waals surface area (Å²) in [5.41, 5.74) is 10.5. The van der Waals surface area contributed by atoms with E-state index in [1.165, 1.54) is 12.4 Å². The third-order valence-electron chi connectivity index (χ3n) is 7.36. The number of nitrogens with two attached hydrogens (primary N) is 1. The van der Waals surface area contributed by atoms with Crippen LogP contribution < -0.4 is 10.5 Å². The van der Waals surface area contributed by atoms with Crippen LogP contribution in [0.1, 0.15) is 36.9 Å². The van der Waals surface area contributed by atoms with Gasteiger partial charge in [0.05, 0.1) is 5.39 Å². The molecule has 2 aliphatic heterocycles. The molecule has 6 rings (SSSR count). The number of anilines is 1. The van der Waals surface area contributed by atoms with Crippen molar-refractivity contribution in [2.75, 3.05) is 32.0 Å². The van der Waals surface area contributed by atoms with Gasteiger partial charge in [-0.1, -0.05) is 18.7 Å². The number of benzene rings is 1. The fourth-order valence-corrected chi connectivity index (χ4v) is 5.63. The van der Waals surface area contributed by atoms with Crippen molar-refractivity contribution in [1.29, 1.82) is 0 Å². The van der Waals surface area contributed by atoms with Gasteiger partial charge in [0, 0.05) is 61.9 Å². The van der Waals surface area contributed by atoms with Crippen molar-refractivity contribution in [1.82, 2.24) is 29.4 Å². The first kappa shape index (κ1) is 24.1. The molecule has 2 fully saturated rings. The molecule has 2 aliphatic rings. The maximum atomic E-state index is 12.5. The summed E-state index contributed by atoms with van der Waals surface area (Å²) in [7, 11) is 0. The van der Waals surface area contributed by atoms with E-state index < -0.39 is 0 Å². The highest BCUT2D eigenvalue weighted by Gasteiger charge is 2.35. The van der Waals surface area contributed by atoms with E-state index in [0.717, 1.165) is 47.1 Å². The van der Waals surface area contributed by atoms with Gasteiger partial charge in [-0.05, 0) is 49.1 Å². The molecule has 2 saturated heterocycles. The van der Waals surface area contributed by atoms with E-state index in [1.54, 1.807) is 18.5 Å². The van der Waals surface area contributed by atoms with E-state index in [4.69, 9.17) is 20.2 Å². The summed E-state index contributed by atoms with van der Waals surface area (Å²) in [6.45, 7) is 6.35. The van der Waals surface area contributed by atoms with Crippen LogP contribution in [0, 0.1) is 0 Å². The van der Waals surface area contributed by atoms with Crippen molar-refractivity contribution in [3.63, 3.8) is 0 Å². The number of hydrogen-bond acceptors (Lipinski definition) is 8. The predicted molar refractivity (Wildman–Crippen MR) is 143 cm³/mol. The molecule has 10 nitrogen and oxygen atoms in total. The molecule has 0 radical (unpaired) electrons. The molecule has 0 aliphatic carbocycles. The highest BCUT2D eigenvalue weighted by molar-refractivity contribution is 6.03. The summed E-state index contributed by atoms with van der Waals surface area (Å²) in [5, 5.41) is 0.836. The highest BCUT2D eigenvalue weighted by Crippen LogP contribution is 2.45. The number of fused-ring (bicyclic) bond motifs is 1. The summed E-state index contributed by atoms with van der Waals surface area (Å²) in [4.78, 5) is 31.7. The Morgan fingerprint density at radius 1 is 1.08 bits per heavy atom. The van der Waals surface area contributed by atoms with Gasteiger partial charge in [-0.2, -0.15) is 0 Å². The number of likely N-dealkylation sites (tertiary alicyclic amines) is 1. The number of aromatic nitrogens is 5. The Morgan fingerprint density at radius 2 is 1.84 bits per heavy atom. The van der Waals surface area contributed by atoms with E-state index in [1.807, 2.05) is 29.2 Å². The number of nitrogen functional groups attached to an aromatic ring is 1. The van der Waals surface area contributed by atoms with Gasteiger partial charge in [-0.25, -0.2) is 19.9 Å². The van der Waals surface area contributed by atoms with Gasteiger partial charge in [-0.15, -0.1) is 0 Å². The molecule has 0 saturated carbocycles. The second kappa shape index (κ2) is 10.2. The van der Waals surface area contributed by atoms with Crippen LogP contribution in [0.15, 0.2) is 61.7 Å². The van der Waals surface area contributed by atoms with E-state index in [9.17, 15) is 4.79 Å². The van der Waals surface area contributed by atoms with Gasteiger partial charge >= 0.3 is 6.01 Å². The van der Waals surface area contributed by atoms with Crippen molar-refractivity contribution >= 4 is 22.8 Å². The molecule has 0 spiro atoms. The SMILES string of the molecule is C=CC(=O)N1CCC(c2c(-c3ccc(Oc4ncccn4)cc3)c3c(N)ncnc3n2C2CCOCC2)C1. The molecule has 1 atom stereocenters. The maximum absolute atomic E-state index is 12.5. The normalized spacial score (nSPS) is 18.1. The summed E-state index contributed by atoms with van der Waals surface area (Å²) in [6, 6.07) is 10.1. The van der Waals surface area contributed by atoms with E-state index in [0.29, 0.717) is 37.9 Å². The predicted octanol–water partition coefficient (Wildman–Crippen LogP) is 4.12. The van der Waals surface area contributed by atoms with Crippen LogP contribution in [0.5, 0.6) is 11.8 Å². The summed E-state index contributed by atoms with van der Waals surface area (Å²) >= 11 is 0. The Kier molecular flexibility index (Phi) is 6.47. The number of nitrogens with zero attached hydrogens (tertiary/aromatic N) is 6. The fraction of sp³-hybridized carbons (Fsp3) is 0.321. The minimum atomic E-state index is -0.0493. The lowest BCUT2D eigenvalue weighted by molar-refractivity contribution is -0.125. The van der Waals surface area contributed by atoms with Crippen LogP contribution in [-0.4, -0.2) is 61.6 Å². The van der Waals surface area contributed by atoms with Gasteiger partial charge in [0.1, 0.15) is 23.5 Å². The maximum Gasteiger partial charge on any atom is 0.321 e. The molecule has 0 bridgehead atoms. The summed E-state index contributed by atoms with van der Waals surface area (Å²) in [6.07, 6.45) is 8.79. The van der Waals surface area contributed by atoms with E-state index in [-0.39, 0.29) is 23.9 Å². The molecule has 5 heterocycles. The van der Waals surface area contributed by atoms with Crippen molar-refractivity contribution in [2.24, 2.45) is 0 Å². The van der Waals surface area contributed by atoms with Crippen LogP contribution in [0.2, 0.25) is 0 Å². The molecule has 3 aromatic heterocycles. The Hall–Kier alpha value is -4.31. The minimum Gasteiger partial charge on any atom is -0.424 e. The van der Waals surface area contributed by atoms with Gasteiger partial charge in [-0.3, -0.25) is 4.79 Å². The Morgan fingerprint density at radius 3 is 2.58 bits per heavy atom. The number of rotatable bonds is 6. The van der Waals surface area contributed by atoms with Crippen molar-refractivity contribution in [2.45, 2.75) is 31.2 Å². The second-order valence-corrected chi connectivity index (χ2v) is 9.56. The molecule has 38 heavy (non-hydrogen) atoms. The number of hydrogen-bond donors (Lipinski definition) is 1. The minimum absolute atomic E-state index is 0.0493. The second-order valence-electron chi connectivity index (χ2n) is 9.56. The molecule has 194 valence electrons. The van der Waals surface area contributed by atoms with Gasteiger partial charge in [0.15, 0.2) is 0 Å². The van der Waals surface area contributed by atoms with E-state index in [2.05, 4.69) is 26.1 Å². The number of carbonyl (C=O) groups is 1. The average Bonchev–Trinajstić information content (AvgIpc) is 3.58. The molecule has 4 aromatic rings. The first-order valence-corrected chi connectivity index (χ1v) is 12.8. The zero-order valence-corrected chi connectivity index (χ0v) is 21.0. The smallest absolute Gasteiger partial charge is 0.321 e. The molecule has 10 heteroatoms. The first-order valence-electron chi connectivity index (χ1n) is 12.8. The van der Waals surface area contributed by atoms with Crippen molar-refractivity contribution in [3.05, 3.63) is 67.4 Å². The van der Waals surface area contributed by atoms with Crippen LogP contribution in [0.25, 0.3) is 22.2 Å². The molecular formula is C28H29N7O3. The lowest BCUT2D eigenvalue weighted by Crippen LogP contribution is -2.27. The summed E-state index contributed by atoms with van der Waals surface area (Å²) in [5.74, 6) is 1.13. The van der Waals surface area contributed by atoms with Crippen molar-refractivity contribution < 1.29 is 14.3 Å². The monoisotopic (exact) mass is 511 g/mol. The third kappa shape index (κ3) is 4.37. The zero-order valence-electron chi connectivity index (χ0n) is 21.0.